The number of halogens is 1. The topological polar surface area (TPSA) is 41.6 Å². The summed E-state index contributed by atoms with van der Waals surface area (Å²) < 4.78 is 0. The first-order chi connectivity index (χ1) is 8.36. The zero-order chi connectivity index (χ0) is 11.7. The number of rotatable bonds is 3. The van der Waals surface area contributed by atoms with Crippen molar-refractivity contribution in [2.45, 2.75) is 6.42 Å². The van der Waals surface area contributed by atoms with Crippen molar-refractivity contribution in [3.8, 4) is 10.6 Å². The van der Waals surface area contributed by atoms with Crippen LogP contribution in [0.25, 0.3) is 21.6 Å². The molecule has 0 bridgehead atoms. The Morgan fingerprint density at radius 3 is 3.18 bits per heavy atom. The Hall–Kier alpha value is -1.39. The molecule has 1 aromatic carbocycles. The van der Waals surface area contributed by atoms with Gasteiger partial charge in [-0.05, 0) is 18.2 Å². The van der Waals surface area contributed by atoms with E-state index in [0.717, 1.165) is 33.7 Å². The fraction of sp³-hybridized carbons (Fsp3) is 0.167. The molecule has 0 radical (unpaired) electrons. The summed E-state index contributed by atoms with van der Waals surface area (Å²) in [6.07, 6.45) is 2.53. The number of H-pyrrole nitrogens is 1. The lowest BCUT2D eigenvalue weighted by atomic mass is 10.2. The van der Waals surface area contributed by atoms with Crippen LogP contribution in [0, 0.1) is 0 Å². The number of fused-ring (bicyclic) bond motifs is 1. The molecule has 0 unspecified atom stereocenters. The van der Waals surface area contributed by atoms with E-state index >= 15 is 0 Å². The van der Waals surface area contributed by atoms with Crippen LogP contribution in [0.5, 0.6) is 0 Å². The van der Waals surface area contributed by atoms with Gasteiger partial charge in [0.25, 0.3) is 0 Å². The number of benzene rings is 1. The fourth-order valence-corrected chi connectivity index (χ4v) is 2.76. The van der Waals surface area contributed by atoms with Crippen molar-refractivity contribution in [1.82, 2.24) is 15.0 Å². The van der Waals surface area contributed by atoms with Crippen LogP contribution in [0.3, 0.4) is 0 Å². The highest BCUT2D eigenvalue weighted by Crippen LogP contribution is 2.26. The van der Waals surface area contributed by atoms with Crippen molar-refractivity contribution in [3.05, 3.63) is 35.6 Å². The van der Waals surface area contributed by atoms with E-state index in [1.165, 1.54) is 0 Å². The van der Waals surface area contributed by atoms with Gasteiger partial charge in [0.15, 0.2) is 0 Å². The van der Waals surface area contributed by atoms with Gasteiger partial charge in [0.2, 0.25) is 0 Å². The number of thiazole rings is 1. The summed E-state index contributed by atoms with van der Waals surface area (Å²) in [6, 6.07) is 6.13. The maximum atomic E-state index is 5.71. The third kappa shape index (κ3) is 2.06. The van der Waals surface area contributed by atoms with E-state index in [1.54, 1.807) is 17.7 Å². The third-order valence-corrected chi connectivity index (χ3v) is 3.70. The highest BCUT2D eigenvalue weighted by molar-refractivity contribution is 7.13. The summed E-state index contributed by atoms with van der Waals surface area (Å²) in [6.45, 7) is 0. The van der Waals surface area contributed by atoms with Gasteiger partial charge in [-0.15, -0.1) is 22.9 Å². The maximum absolute atomic E-state index is 5.71. The number of nitrogens with zero attached hydrogens (tertiary/aromatic N) is 2. The highest BCUT2D eigenvalue weighted by atomic mass is 35.5. The van der Waals surface area contributed by atoms with Gasteiger partial charge in [-0.25, -0.2) is 9.97 Å². The molecule has 3 nitrogen and oxygen atoms in total. The van der Waals surface area contributed by atoms with E-state index in [-0.39, 0.29) is 0 Å². The van der Waals surface area contributed by atoms with Crippen molar-refractivity contribution >= 4 is 34.0 Å². The number of imidazole rings is 1. The molecular formula is C12H10ClN3S. The molecule has 3 aromatic rings. The summed E-state index contributed by atoms with van der Waals surface area (Å²) in [5, 5.41) is 3.09. The number of alkyl halides is 1. The molecule has 0 saturated carbocycles. The van der Waals surface area contributed by atoms with Crippen LogP contribution in [0.15, 0.2) is 29.9 Å². The number of aromatic nitrogens is 3. The summed E-state index contributed by atoms with van der Waals surface area (Å²) in [5.41, 5.74) is 4.19. The van der Waals surface area contributed by atoms with Crippen LogP contribution in [0.4, 0.5) is 0 Å². The molecular weight excluding hydrogens is 254 g/mol. The van der Waals surface area contributed by atoms with Gasteiger partial charge in [0.05, 0.1) is 23.1 Å². The summed E-state index contributed by atoms with van der Waals surface area (Å²) in [5.74, 6) is 0.614. The van der Waals surface area contributed by atoms with Gasteiger partial charge < -0.3 is 4.98 Å². The first-order valence-electron chi connectivity index (χ1n) is 5.31. The van der Waals surface area contributed by atoms with Crippen LogP contribution >= 0.6 is 22.9 Å². The Bertz CT molecular complexity index is 644. The first kappa shape index (κ1) is 10.7. The summed E-state index contributed by atoms with van der Waals surface area (Å²) in [7, 11) is 0. The number of aryl methyl sites for hydroxylation is 1. The SMILES string of the molecule is ClCCc1csc(-c2ccc3nc[nH]c3c2)n1. The number of aromatic amines is 1. The van der Waals surface area contributed by atoms with E-state index in [2.05, 4.69) is 26.4 Å². The maximum Gasteiger partial charge on any atom is 0.123 e. The molecule has 17 heavy (non-hydrogen) atoms. The molecule has 2 heterocycles. The lowest BCUT2D eigenvalue weighted by molar-refractivity contribution is 1.07. The molecule has 0 saturated heterocycles. The monoisotopic (exact) mass is 263 g/mol. The molecule has 0 fully saturated rings. The van der Waals surface area contributed by atoms with Crippen LogP contribution in [-0.2, 0) is 6.42 Å². The molecule has 0 spiro atoms. The van der Waals surface area contributed by atoms with Gasteiger partial charge in [0.1, 0.15) is 5.01 Å². The van der Waals surface area contributed by atoms with E-state index in [1.807, 2.05) is 12.1 Å². The fourth-order valence-electron chi connectivity index (χ4n) is 1.72. The van der Waals surface area contributed by atoms with Crippen LogP contribution in [-0.4, -0.2) is 20.8 Å². The number of hydrogen-bond acceptors (Lipinski definition) is 3. The van der Waals surface area contributed by atoms with Gasteiger partial charge in [-0.1, -0.05) is 0 Å². The molecule has 86 valence electrons. The molecule has 0 aliphatic heterocycles. The highest BCUT2D eigenvalue weighted by Gasteiger charge is 2.06. The molecule has 0 atom stereocenters. The second kappa shape index (κ2) is 4.47. The van der Waals surface area contributed by atoms with Crippen molar-refractivity contribution in [1.29, 1.82) is 0 Å². The predicted octanol–water partition coefficient (Wildman–Crippen LogP) is 3.47. The smallest absolute Gasteiger partial charge is 0.123 e. The molecule has 5 heteroatoms. The Labute approximate surface area is 107 Å². The quantitative estimate of drug-likeness (QED) is 0.735. The van der Waals surface area contributed by atoms with Crippen LogP contribution < -0.4 is 0 Å². The zero-order valence-corrected chi connectivity index (χ0v) is 10.6. The second-order valence-electron chi connectivity index (χ2n) is 3.72. The van der Waals surface area contributed by atoms with Crippen LogP contribution in [0.2, 0.25) is 0 Å². The molecule has 0 aliphatic rings. The van der Waals surface area contributed by atoms with Gasteiger partial charge in [0, 0.05) is 23.2 Å². The number of nitrogens with one attached hydrogen (secondary N) is 1. The Morgan fingerprint density at radius 1 is 1.35 bits per heavy atom. The minimum Gasteiger partial charge on any atom is -0.345 e. The Kier molecular flexibility index (Phi) is 2.82. The van der Waals surface area contributed by atoms with Crippen molar-refractivity contribution < 1.29 is 0 Å². The average Bonchev–Trinajstić information content (AvgIpc) is 2.96. The second-order valence-corrected chi connectivity index (χ2v) is 4.95. The van der Waals surface area contributed by atoms with Gasteiger partial charge in [-0.3, -0.25) is 0 Å². The minimum atomic E-state index is 0.614. The molecule has 3 rings (SSSR count). The largest absolute Gasteiger partial charge is 0.345 e. The summed E-state index contributed by atoms with van der Waals surface area (Å²) >= 11 is 7.36. The molecule has 2 aromatic heterocycles. The first-order valence-corrected chi connectivity index (χ1v) is 6.72. The van der Waals surface area contributed by atoms with Crippen molar-refractivity contribution in [2.75, 3.05) is 5.88 Å². The van der Waals surface area contributed by atoms with Crippen LogP contribution in [0.1, 0.15) is 5.69 Å². The predicted molar refractivity (Wildman–Crippen MR) is 71.6 cm³/mol. The number of hydrogen-bond donors (Lipinski definition) is 1. The standard InChI is InChI=1S/C12H10ClN3S/c13-4-3-9-6-17-12(16-9)8-1-2-10-11(5-8)15-7-14-10/h1-2,5-7H,3-4H2,(H,14,15). The zero-order valence-electron chi connectivity index (χ0n) is 8.98. The molecule has 1 N–H and O–H groups in total. The van der Waals surface area contributed by atoms with Gasteiger partial charge in [-0.2, -0.15) is 0 Å². The third-order valence-electron chi connectivity index (χ3n) is 2.57. The van der Waals surface area contributed by atoms with E-state index < -0.39 is 0 Å². The summed E-state index contributed by atoms with van der Waals surface area (Å²) in [4.78, 5) is 11.9. The lowest BCUT2D eigenvalue weighted by Crippen LogP contribution is -1.85. The lowest BCUT2D eigenvalue weighted by Gasteiger charge is -1.96. The molecule has 0 aliphatic carbocycles. The van der Waals surface area contributed by atoms with E-state index in [9.17, 15) is 0 Å². The van der Waals surface area contributed by atoms with E-state index in [4.69, 9.17) is 11.6 Å². The van der Waals surface area contributed by atoms with Gasteiger partial charge >= 0.3 is 0 Å². The normalized spacial score (nSPS) is 11.1. The Balaban J connectivity index is 2.00. The Morgan fingerprint density at radius 2 is 2.29 bits per heavy atom. The van der Waals surface area contributed by atoms with Crippen molar-refractivity contribution in [3.63, 3.8) is 0 Å². The minimum absolute atomic E-state index is 0.614. The van der Waals surface area contributed by atoms with Crippen molar-refractivity contribution in [2.24, 2.45) is 0 Å². The molecule has 0 amide bonds. The average molecular weight is 264 g/mol. The van der Waals surface area contributed by atoms with E-state index in [0.29, 0.717) is 5.88 Å².